The third kappa shape index (κ3) is 5.59. The molecular weight excluding hydrogens is 256 g/mol. The van der Waals surface area contributed by atoms with Crippen LogP contribution in [0.2, 0.25) is 0 Å². The van der Waals surface area contributed by atoms with E-state index in [0.717, 1.165) is 32.4 Å². The SMILES string of the molecule is CN1CCN(C(=O)/C(C#N)=C\NCCCCCO)CC1. The van der Waals surface area contributed by atoms with Crippen LogP contribution < -0.4 is 5.32 Å². The van der Waals surface area contributed by atoms with Crippen molar-refractivity contribution in [3.05, 3.63) is 11.8 Å². The van der Waals surface area contributed by atoms with Gasteiger partial charge in [0.05, 0.1) is 0 Å². The van der Waals surface area contributed by atoms with Gasteiger partial charge in [0.2, 0.25) is 0 Å². The number of likely N-dealkylation sites (N-methyl/N-ethyl adjacent to an activating group) is 1. The lowest BCUT2D eigenvalue weighted by molar-refractivity contribution is -0.128. The average Bonchev–Trinajstić information content (AvgIpc) is 2.47. The van der Waals surface area contributed by atoms with Crippen LogP contribution in [0.3, 0.4) is 0 Å². The summed E-state index contributed by atoms with van der Waals surface area (Å²) in [5, 5.41) is 20.7. The van der Waals surface area contributed by atoms with E-state index in [0.29, 0.717) is 19.6 Å². The number of hydrogen-bond acceptors (Lipinski definition) is 5. The van der Waals surface area contributed by atoms with Crippen LogP contribution >= 0.6 is 0 Å². The van der Waals surface area contributed by atoms with Crippen LogP contribution in [0, 0.1) is 11.3 Å². The van der Waals surface area contributed by atoms with Gasteiger partial charge in [0.15, 0.2) is 0 Å². The van der Waals surface area contributed by atoms with Gasteiger partial charge in [-0.15, -0.1) is 0 Å². The summed E-state index contributed by atoms with van der Waals surface area (Å²) in [5.41, 5.74) is 0.164. The molecule has 0 bridgehead atoms. The van der Waals surface area contributed by atoms with Crippen molar-refractivity contribution < 1.29 is 9.90 Å². The third-order valence-corrected chi connectivity index (χ3v) is 3.37. The fourth-order valence-corrected chi connectivity index (χ4v) is 2.01. The van der Waals surface area contributed by atoms with Gasteiger partial charge in [-0.2, -0.15) is 5.26 Å². The van der Waals surface area contributed by atoms with E-state index in [4.69, 9.17) is 10.4 Å². The number of nitriles is 1. The zero-order valence-electron chi connectivity index (χ0n) is 12.1. The molecule has 0 spiro atoms. The van der Waals surface area contributed by atoms with E-state index >= 15 is 0 Å². The molecule has 20 heavy (non-hydrogen) atoms. The minimum absolute atomic E-state index is 0.164. The molecule has 0 unspecified atom stereocenters. The molecule has 112 valence electrons. The van der Waals surface area contributed by atoms with Crippen LogP contribution in [0.1, 0.15) is 19.3 Å². The van der Waals surface area contributed by atoms with Crippen LogP contribution in [-0.4, -0.2) is 67.2 Å². The predicted molar refractivity (Wildman–Crippen MR) is 76.7 cm³/mol. The topological polar surface area (TPSA) is 79.6 Å². The quantitative estimate of drug-likeness (QED) is 0.387. The molecule has 1 heterocycles. The van der Waals surface area contributed by atoms with Crippen molar-refractivity contribution in [3.8, 4) is 6.07 Å². The molecular formula is C14H24N4O2. The fraction of sp³-hybridized carbons (Fsp3) is 0.714. The van der Waals surface area contributed by atoms with Gasteiger partial charge in [0.1, 0.15) is 11.6 Å². The van der Waals surface area contributed by atoms with Crippen molar-refractivity contribution in [3.63, 3.8) is 0 Å². The number of rotatable bonds is 7. The van der Waals surface area contributed by atoms with Crippen molar-refractivity contribution in [2.24, 2.45) is 0 Å². The Balaban J connectivity index is 2.36. The summed E-state index contributed by atoms with van der Waals surface area (Å²) >= 11 is 0. The average molecular weight is 280 g/mol. The second kappa shape index (κ2) is 9.34. The van der Waals surface area contributed by atoms with E-state index < -0.39 is 0 Å². The Morgan fingerprint density at radius 3 is 2.60 bits per heavy atom. The van der Waals surface area contributed by atoms with E-state index in [1.807, 2.05) is 13.1 Å². The lowest BCUT2D eigenvalue weighted by Crippen LogP contribution is -2.47. The van der Waals surface area contributed by atoms with Gasteiger partial charge in [-0.3, -0.25) is 4.79 Å². The molecule has 0 radical (unpaired) electrons. The van der Waals surface area contributed by atoms with E-state index in [1.165, 1.54) is 6.20 Å². The highest BCUT2D eigenvalue weighted by Crippen LogP contribution is 2.05. The number of piperazine rings is 1. The standard InChI is InChI=1S/C14H24N4O2/c1-17-6-8-18(9-7-17)14(20)13(11-15)12-16-5-3-2-4-10-19/h12,16,19H,2-10H2,1H3/b13-12-. The predicted octanol–water partition coefficient (Wildman–Crippen LogP) is -0.0799. The number of unbranched alkanes of at least 4 members (excludes halogenated alkanes) is 2. The summed E-state index contributed by atoms with van der Waals surface area (Å²) in [7, 11) is 2.02. The Kier molecular flexibility index (Phi) is 7.70. The van der Waals surface area contributed by atoms with Crippen molar-refractivity contribution in [1.29, 1.82) is 5.26 Å². The minimum Gasteiger partial charge on any atom is -0.396 e. The summed E-state index contributed by atoms with van der Waals surface area (Å²) in [5.74, 6) is -0.191. The largest absolute Gasteiger partial charge is 0.396 e. The Bertz CT molecular complexity index is 368. The Labute approximate surface area is 120 Å². The molecule has 0 aromatic carbocycles. The second-order valence-corrected chi connectivity index (χ2v) is 5.00. The van der Waals surface area contributed by atoms with Gasteiger partial charge in [0, 0.05) is 45.5 Å². The van der Waals surface area contributed by atoms with Crippen LogP contribution in [0.25, 0.3) is 0 Å². The molecule has 0 aliphatic carbocycles. The lowest BCUT2D eigenvalue weighted by atomic mass is 10.2. The molecule has 1 aliphatic heterocycles. The van der Waals surface area contributed by atoms with E-state index in [2.05, 4.69) is 10.2 Å². The molecule has 1 rings (SSSR count). The fourth-order valence-electron chi connectivity index (χ4n) is 2.01. The zero-order valence-corrected chi connectivity index (χ0v) is 12.1. The molecule has 0 saturated carbocycles. The van der Waals surface area contributed by atoms with Gasteiger partial charge >= 0.3 is 0 Å². The van der Waals surface area contributed by atoms with E-state index in [9.17, 15) is 4.79 Å². The summed E-state index contributed by atoms with van der Waals surface area (Å²) < 4.78 is 0. The molecule has 0 aromatic rings. The molecule has 1 amide bonds. The summed E-state index contributed by atoms with van der Waals surface area (Å²) in [6.45, 7) is 3.95. The first-order valence-electron chi connectivity index (χ1n) is 7.11. The highest BCUT2D eigenvalue weighted by atomic mass is 16.2. The first-order valence-corrected chi connectivity index (χ1v) is 7.11. The number of carbonyl (C=O) groups is 1. The number of nitrogens with zero attached hydrogens (tertiary/aromatic N) is 3. The van der Waals surface area contributed by atoms with Gasteiger partial charge in [0.25, 0.3) is 5.91 Å². The highest BCUT2D eigenvalue weighted by Gasteiger charge is 2.21. The maximum absolute atomic E-state index is 12.1. The van der Waals surface area contributed by atoms with Crippen molar-refractivity contribution in [2.45, 2.75) is 19.3 Å². The number of hydrogen-bond donors (Lipinski definition) is 2. The van der Waals surface area contributed by atoms with Crippen molar-refractivity contribution in [1.82, 2.24) is 15.1 Å². The maximum Gasteiger partial charge on any atom is 0.266 e. The number of aliphatic hydroxyl groups is 1. The van der Waals surface area contributed by atoms with Crippen molar-refractivity contribution >= 4 is 5.91 Å². The minimum atomic E-state index is -0.191. The van der Waals surface area contributed by atoms with Gasteiger partial charge < -0.3 is 20.2 Å². The van der Waals surface area contributed by atoms with Gasteiger partial charge in [-0.05, 0) is 26.3 Å². The van der Waals surface area contributed by atoms with Crippen molar-refractivity contribution in [2.75, 3.05) is 46.4 Å². The third-order valence-electron chi connectivity index (χ3n) is 3.37. The molecule has 6 nitrogen and oxygen atoms in total. The summed E-state index contributed by atoms with van der Waals surface area (Å²) in [6.07, 6.45) is 4.15. The Morgan fingerprint density at radius 2 is 2.00 bits per heavy atom. The number of amides is 1. The van der Waals surface area contributed by atoms with Crippen LogP contribution in [0.4, 0.5) is 0 Å². The van der Waals surface area contributed by atoms with Crippen LogP contribution in [-0.2, 0) is 4.79 Å². The second-order valence-electron chi connectivity index (χ2n) is 5.00. The molecule has 2 N–H and O–H groups in total. The normalized spacial score (nSPS) is 16.9. The highest BCUT2D eigenvalue weighted by molar-refractivity contribution is 5.97. The molecule has 6 heteroatoms. The van der Waals surface area contributed by atoms with Gasteiger partial charge in [-0.1, -0.05) is 0 Å². The molecule has 0 atom stereocenters. The lowest BCUT2D eigenvalue weighted by Gasteiger charge is -2.32. The van der Waals surface area contributed by atoms with Gasteiger partial charge in [-0.25, -0.2) is 0 Å². The Morgan fingerprint density at radius 1 is 1.30 bits per heavy atom. The summed E-state index contributed by atoms with van der Waals surface area (Å²) in [4.78, 5) is 16.0. The number of aliphatic hydroxyl groups excluding tert-OH is 1. The molecule has 1 saturated heterocycles. The smallest absolute Gasteiger partial charge is 0.266 e. The molecule has 1 aliphatic rings. The zero-order chi connectivity index (χ0) is 14.8. The first-order chi connectivity index (χ1) is 9.69. The number of carbonyl (C=O) groups excluding carboxylic acids is 1. The molecule has 1 fully saturated rings. The van der Waals surface area contributed by atoms with Crippen LogP contribution in [0.5, 0.6) is 0 Å². The Hall–Kier alpha value is -1.58. The molecule has 0 aromatic heterocycles. The maximum atomic E-state index is 12.1. The first kappa shape index (κ1) is 16.5. The van der Waals surface area contributed by atoms with E-state index in [1.54, 1.807) is 4.90 Å². The summed E-state index contributed by atoms with van der Waals surface area (Å²) in [6, 6.07) is 1.97. The number of nitrogens with one attached hydrogen (secondary N) is 1. The monoisotopic (exact) mass is 280 g/mol. The van der Waals surface area contributed by atoms with E-state index in [-0.39, 0.29) is 18.1 Å². The van der Waals surface area contributed by atoms with Crippen LogP contribution in [0.15, 0.2) is 11.8 Å².